The fourth-order valence-corrected chi connectivity index (χ4v) is 2.64. The van der Waals surface area contributed by atoms with Crippen LogP contribution in [0.2, 0.25) is 0 Å². The highest BCUT2D eigenvalue weighted by Gasteiger charge is 2.29. The summed E-state index contributed by atoms with van der Waals surface area (Å²) in [5.41, 5.74) is 1.22. The van der Waals surface area contributed by atoms with E-state index >= 15 is 0 Å². The molecule has 0 bridgehead atoms. The summed E-state index contributed by atoms with van der Waals surface area (Å²) < 4.78 is 0. The summed E-state index contributed by atoms with van der Waals surface area (Å²) in [5, 5.41) is 6.41. The predicted molar refractivity (Wildman–Crippen MR) is 85.0 cm³/mol. The minimum Gasteiger partial charge on any atom is -0.349 e. The average Bonchev–Trinajstić information content (AvgIpc) is 2.38. The van der Waals surface area contributed by atoms with Crippen LogP contribution in [0, 0.1) is 11.8 Å². The number of amides is 1. The zero-order chi connectivity index (χ0) is 13.7. The third kappa shape index (κ3) is 3.97. The predicted octanol–water partition coefficient (Wildman–Crippen LogP) is 2.92. The first-order valence-electron chi connectivity index (χ1n) is 7.32. The number of benzene rings is 1. The van der Waals surface area contributed by atoms with Crippen molar-refractivity contribution in [3.8, 4) is 0 Å². The number of nitrogens with one attached hydrogen (secondary N) is 2. The van der Waals surface area contributed by atoms with E-state index in [4.69, 9.17) is 0 Å². The number of carbonyl (C=O) groups excluding carboxylic acids is 1. The standard InChI is InChI=1S/C16H24N2O.ClH/c1-3-12(4-2)15(13-8-6-5-7-9-13)18-16(19)14-10-17-11-14;/h5-9,12,14-15,17H,3-4,10-11H2,1-2H3,(H,18,19);1H. The molecular formula is C16H25ClN2O. The van der Waals surface area contributed by atoms with Crippen LogP contribution < -0.4 is 10.6 Å². The van der Waals surface area contributed by atoms with E-state index in [2.05, 4.69) is 36.6 Å². The second-order valence-electron chi connectivity index (χ2n) is 5.33. The smallest absolute Gasteiger partial charge is 0.226 e. The van der Waals surface area contributed by atoms with Crippen molar-refractivity contribution in [1.82, 2.24) is 10.6 Å². The SMILES string of the molecule is CCC(CC)C(NC(=O)C1CNC1)c1ccccc1.Cl. The fourth-order valence-electron chi connectivity index (χ4n) is 2.64. The number of hydrogen-bond donors (Lipinski definition) is 2. The Morgan fingerprint density at radius 2 is 1.85 bits per heavy atom. The van der Waals surface area contributed by atoms with E-state index in [1.807, 2.05) is 18.2 Å². The summed E-state index contributed by atoms with van der Waals surface area (Å²) in [6.45, 7) is 6.02. The Balaban J connectivity index is 0.00000200. The van der Waals surface area contributed by atoms with Gasteiger partial charge in [-0.25, -0.2) is 0 Å². The molecule has 20 heavy (non-hydrogen) atoms. The Morgan fingerprint density at radius 3 is 2.30 bits per heavy atom. The molecule has 0 aromatic heterocycles. The van der Waals surface area contributed by atoms with E-state index in [0.717, 1.165) is 25.9 Å². The first-order valence-corrected chi connectivity index (χ1v) is 7.32. The van der Waals surface area contributed by atoms with Crippen LogP contribution in [-0.4, -0.2) is 19.0 Å². The van der Waals surface area contributed by atoms with Gasteiger partial charge in [-0.15, -0.1) is 12.4 Å². The Bertz CT molecular complexity index is 402. The van der Waals surface area contributed by atoms with Gasteiger partial charge in [-0.1, -0.05) is 57.0 Å². The minimum absolute atomic E-state index is 0. The molecule has 1 unspecified atom stereocenters. The Hall–Kier alpha value is -1.06. The van der Waals surface area contributed by atoms with E-state index in [1.54, 1.807) is 0 Å². The van der Waals surface area contributed by atoms with Gasteiger partial charge in [0.15, 0.2) is 0 Å². The zero-order valence-electron chi connectivity index (χ0n) is 12.3. The monoisotopic (exact) mass is 296 g/mol. The maximum atomic E-state index is 12.2. The largest absolute Gasteiger partial charge is 0.349 e. The lowest BCUT2D eigenvalue weighted by Gasteiger charge is -2.32. The lowest BCUT2D eigenvalue weighted by Crippen LogP contribution is -2.52. The lowest BCUT2D eigenvalue weighted by molar-refractivity contribution is -0.127. The van der Waals surface area contributed by atoms with Gasteiger partial charge in [0.2, 0.25) is 5.91 Å². The summed E-state index contributed by atoms with van der Waals surface area (Å²) in [5.74, 6) is 0.847. The summed E-state index contributed by atoms with van der Waals surface area (Å²) in [7, 11) is 0. The van der Waals surface area contributed by atoms with Crippen molar-refractivity contribution < 1.29 is 4.79 Å². The summed E-state index contributed by atoms with van der Waals surface area (Å²) >= 11 is 0. The van der Waals surface area contributed by atoms with Crippen LogP contribution in [0.3, 0.4) is 0 Å². The molecule has 1 amide bonds. The van der Waals surface area contributed by atoms with Crippen molar-refractivity contribution >= 4 is 18.3 Å². The molecule has 1 aromatic rings. The van der Waals surface area contributed by atoms with Gasteiger partial charge in [0.05, 0.1) is 12.0 Å². The summed E-state index contributed by atoms with van der Waals surface area (Å²) in [6.07, 6.45) is 2.17. The van der Waals surface area contributed by atoms with Crippen LogP contribution in [-0.2, 0) is 4.79 Å². The Labute approximate surface area is 127 Å². The van der Waals surface area contributed by atoms with Crippen molar-refractivity contribution in [1.29, 1.82) is 0 Å². The van der Waals surface area contributed by atoms with E-state index in [9.17, 15) is 4.79 Å². The van der Waals surface area contributed by atoms with Crippen molar-refractivity contribution in [2.75, 3.05) is 13.1 Å². The molecule has 4 heteroatoms. The molecule has 1 aliphatic rings. The molecule has 0 aliphatic carbocycles. The van der Waals surface area contributed by atoms with Crippen molar-refractivity contribution in [3.63, 3.8) is 0 Å². The van der Waals surface area contributed by atoms with Gasteiger partial charge in [0.1, 0.15) is 0 Å². The van der Waals surface area contributed by atoms with E-state index in [1.165, 1.54) is 5.56 Å². The highest BCUT2D eigenvalue weighted by molar-refractivity contribution is 5.85. The van der Waals surface area contributed by atoms with Gasteiger partial charge in [-0.05, 0) is 11.5 Å². The number of rotatable bonds is 6. The van der Waals surface area contributed by atoms with Crippen LogP contribution in [0.4, 0.5) is 0 Å². The van der Waals surface area contributed by atoms with Crippen molar-refractivity contribution in [3.05, 3.63) is 35.9 Å². The van der Waals surface area contributed by atoms with E-state index in [0.29, 0.717) is 5.92 Å². The van der Waals surface area contributed by atoms with Crippen LogP contribution in [0.1, 0.15) is 38.3 Å². The number of halogens is 1. The maximum Gasteiger partial charge on any atom is 0.226 e. The summed E-state index contributed by atoms with van der Waals surface area (Å²) in [4.78, 5) is 12.2. The molecule has 0 saturated carbocycles. The molecule has 1 atom stereocenters. The molecule has 1 aliphatic heterocycles. The quantitative estimate of drug-likeness (QED) is 0.847. The van der Waals surface area contributed by atoms with Crippen molar-refractivity contribution in [2.45, 2.75) is 32.7 Å². The Kier molecular flexibility index (Phi) is 7.03. The minimum atomic E-state index is 0. The average molecular weight is 297 g/mol. The molecule has 0 spiro atoms. The van der Waals surface area contributed by atoms with Crippen molar-refractivity contribution in [2.24, 2.45) is 11.8 Å². The second kappa shape index (κ2) is 8.28. The Morgan fingerprint density at radius 1 is 1.25 bits per heavy atom. The van der Waals surface area contributed by atoms with Gasteiger partial charge in [-0.3, -0.25) is 4.79 Å². The van der Waals surface area contributed by atoms with Gasteiger partial charge >= 0.3 is 0 Å². The molecule has 3 nitrogen and oxygen atoms in total. The van der Waals surface area contributed by atoms with Crippen LogP contribution >= 0.6 is 12.4 Å². The maximum absolute atomic E-state index is 12.2. The lowest BCUT2D eigenvalue weighted by atomic mass is 9.88. The summed E-state index contributed by atoms with van der Waals surface area (Å²) in [6, 6.07) is 10.5. The van der Waals surface area contributed by atoms with Crippen LogP contribution in [0.25, 0.3) is 0 Å². The molecule has 1 heterocycles. The van der Waals surface area contributed by atoms with Crippen LogP contribution in [0.5, 0.6) is 0 Å². The molecule has 1 fully saturated rings. The van der Waals surface area contributed by atoms with Gasteiger partial charge in [0.25, 0.3) is 0 Å². The van der Waals surface area contributed by atoms with E-state index in [-0.39, 0.29) is 30.3 Å². The third-order valence-corrected chi connectivity index (χ3v) is 4.13. The molecule has 0 radical (unpaired) electrons. The number of carbonyl (C=O) groups is 1. The number of hydrogen-bond acceptors (Lipinski definition) is 2. The molecular weight excluding hydrogens is 272 g/mol. The molecule has 2 N–H and O–H groups in total. The molecule has 2 rings (SSSR count). The first-order chi connectivity index (χ1) is 9.26. The highest BCUT2D eigenvalue weighted by atomic mass is 35.5. The van der Waals surface area contributed by atoms with Crippen LogP contribution in [0.15, 0.2) is 30.3 Å². The molecule has 1 aromatic carbocycles. The van der Waals surface area contributed by atoms with Gasteiger partial charge in [0, 0.05) is 13.1 Å². The zero-order valence-corrected chi connectivity index (χ0v) is 13.1. The van der Waals surface area contributed by atoms with E-state index < -0.39 is 0 Å². The molecule has 112 valence electrons. The fraction of sp³-hybridized carbons (Fsp3) is 0.562. The van der Waals surface area contributed by atoms with Gasteiger partial charge < -0.3 is 10.6 Å². The van der Waals surface area contributed by atoms with Gasteiger partial charge in [-0.2, -0.15) is 0 Å². The topological polar surface area (TPSA) is 41.1 Å². The molecule has 1 saturated heterocycles. The normalized spacial score (nSPS) is 16.1. The highest BCUT2D eigenvalue weighted by Crippen LogP contribution is 2.27. The first kappa shape index (κ1) is 17.0. The third-order valence-electron chi connectivity index (χ3n) is 4.13. The second-order valence-corrected chi connectivity index (χ2v) is 5.33.